The minimum atomic E-state index is -0.0284. The number of hydrogen-bond donors (Lipinski definition) is 1. The number of nitrogens with zero attached hydrogens (tertiary/aromatic N) is 1. The van der Waals surface area contributed by atoms with Gasteiger partial charge in [0.15, 0.2) is 0 Å². The van der Waals surface area contributed by atoms with E-state index in [2.05, 4.69) is 33.0 Å². The highest BCUT2D eigenvalue weighted by atomic mass is 16.2. The normalized spacial score (nSPS) is 26.7. The number of carbonyl (C=O) groups is 1. The fourth-order valence-electron chi connectivity index (χ4n) is 1.92. The molecule has 1 rings (SSSR count). The van der Waals surface area contributed by atoms with Gasteiger partial charge in [-0.15, -0.1) is 0 Å². The van der Waals surface area contributed by atoms with E-state index in [1.807, 2.05) is 11.9 Å². The first-order chi connectivity index (χ1) is 6.90. The van der Waals surface area contributed by atoms with Crippen LogP contribution in [0.1, 0.15) is 34.1 Å². The third kappa shape index (κ3) is 2.51. The van der Waals surface area contributed by atoms with Gasteiger partial charge in [-0.05, 0) is 32.7 Å². The van der Waals surface area contributed by atoms with Gasteiger partial charge in [0, 0.05) is 19.1 Å². The van der Waals surface area contributed by atoms with E-state index >= 15 is 0 Å². The molecule has 1 saturated heterocycles. The van der Waals surface area contributed by atoms with E-state index < -0.39 is 0 Å². The maximum Gasteiger partial charge on any atom is 0.227 e. The summed E-state index contributed by atoms with van der Waals surface area (Å²) in [6.45, 7) is 10.3. The predicted molar refractivity (Wildman–Crippen MR) is 62.7 cm³/mol. The Kier molecular flexibility index (Phi) is 3.77. The van der Waals surface area contributed by atoms with Crippen molar-refractivity contribution in [1.29, 1.82) is 0 Å². The molecule has 3 heteroatoms. The van der Waals surface area contributed by atoms with Crippen LogP contribution in [0.2, 0.25) is 0 Å². The number of hydrogen-bond acceptors (Lipinski definition) is 2. The van der Waals surface area contributed by atoms with Gasteiger partial charge in [0.1, 0.15) is 0 Å². The summed E-state index contributed by atoms with van der Waals surface area (Å²) in [5, 5.41) is 3.28. The van der Waals surface area contributed by atoms with Crippen molar-refractivity contribution in [2.45, 2.75) is 39.7 Å². The maximum absolute atomic E-state index is 12.2. The number of rotatable bonds is 3. The highest BCUT2D eigenvalue weighted by Gasteiger charge is 2.35. The Hall–Kier alpha value is -0.570. The second-order valence-corrected chi connectivity index (χ2v) is 5.31. The SMILES string of the molecule is CCC(C)(C)N(C)C(=O)[C@@H]1CNC[C@H]1C. The molecule has 0 aromatic rings. The van der Waals surface area contributed by atoms with E-state index in [1.54, 1.807) is 0 Å². The fraction of sp³-hybridized carbons (Fsp3) is 0.917. The van der Waals surface area contributed by atoms with Gasteiger partial charge in [-0.3, -0.25) is 4.79 Å². The zero-order chi connectivity index (χ0) is 11.6. The fourth-order valence-corrected chi connectivity index (χ4v) is 1.92. The molecule has 0 radical (unpaired) electrons. The molecule has 1 heterocycles. The molecule has 0 aromatic carbocycles. The summed E-state index contributed by atoms with van der Waals surface area (Å²) in [7, 11) is 1.93. The topological polar surface area (TPSA) is 32.3 Å². The minimum absolute atomic E-state index is 0.0284. The maximum atomic E-state index is 12.2. The Morgan fingerprint density at radius 3 is 2.47 bits per heavy atom. The molecule has 0 saturated carbocycles. The third-order valence-electron chi connectivity index (χ3n) is 3.94. The van der Waals surface area contributed by atoms with Crippen molar-refractivity contribution in [3.63, 3.8) is 0 Å². The zero-order valence-electron chi connectivity index (χ0n) is 10.6. The van der Waals surface area contributed by atoms with E-state index in [0.29, 0.717) is 11.8 Å². The van der Waals surface area contributed by atoms with E-state index in [-0.39, 0.29) is 11.5 Å². The van der Waals surface area contributed by atoms with Gasteiger partial charge in [-0.2, -0.15) is 0 Å². The van der Waals surface area contributed by atoms with Crippen LogP contribution in [0, 0.1) is 11.8 Å². The largest absolute Gasteiger partial charge is 0.340 e. The molecular weight excluding hydrogens is 188 g/mol. The molecule has 3 nitrogen and oxygen atoms in total. The van der Waals surface area contributed by atoms with Crippen molar-refractivity contribution >= 4 is 5.91 Å². The summed E-state index contributed by atoms with van der Waals surface area (Å²) < 4.78 is 0. The van der Waals surface area contributed by atoms with Crippen LogP contribution >= 0.6 is 0 Å². The summed E-state index contributed by atoms with van der Waals surface area (Å²) in [4.78, 5) is 14.2. The molecule has 15 heavy (non-hydrogen) atoms. The average Bonchev–Trinajstić information content (AvgIpc) is 2.62. The standard InChI is InChI=1S/C12H24N2O/c1-6-12(3,4)14(5)11(15)10-8-13-7-9(10)2/h9-10,13H,6-8H2,1-5H3/t9-,10-/m1/s1. The lowest BCUT2D eigenvalue weighted by molar-refractivity contribution is -0.139. The van der Waals surface area contributed by atoms with Crippen LogP contribution in [0.15, 0.2) is 0 Å². The summed E-state index contributed by atoms with van der Waals surface area (Å²) in [6.07, 6.45) is 0.990. The van der Waals surface area contributed by atoms with Gasteiger partial charge in [0.05, 0.1) is 5.92 Å². The third-order valence-corrected chi connectivity index (χ3v) is 3.94. The summed E-state index contributed by atoms with van der Waals surface area (Å²) in [5.41, 5.74) is -0.0284. The molecule has 1 amide bonds. The Labute approximate surface area is 93.2 Å². The minimum Gasteiger partial charge on any atom is -0.340 e. The lowest BCUT2D eigenvalue weighted by atomic mass is 9.93. The monoisotopic (exact) mass is 212 g/mol. The molecule has 2 atom stereocenters. The average molecular weight is 212 g/mol. The van der Waals surface area contributed by atoms with Crippen LogP contribution in [0.3, 0.4) is 0 Å². The van der Waals surface area contributed by atoms with Crippen LogP contribution in [0.4, 0.5) is 0 Å². The first-order valence-electron chi connectivity index (χ1n) is 5.88. The molecule has 0 spiro atoms. The number of nitrogens with one attached hydrogen (secondary N) is 1. The van der Waals surface area contributed by atoms with Gasteiger partial charge < -0.3 is 10.2 Å². The van der Waals surface area contributed by atoms with Crippen molar-refractivity contribution in [1.82, 2.24) is 10.2 Å². The first-order valence-corrected chi connectivity index (χ1v) is 5.88. The molecule has 1 aliphatic heterocycles. The molecule has 88 valence electrons. The highest BCUT2D eigenvalue weighted by Crippen LogP contribution is 2.24. The number of carbonyl (C=O) groups excluding carboxylic acids is 1. The van der Waals surface area contributed by atoms with Crippen molar-refractivity contribution in [2.24, 2.45) is 11.8 Å². The second kappa shape index (κ2) is 4.52. The molecule has 0 bridgehead atoms. The molecule has 0 unspecified atom stereocenters. The Balaban J connectivity index is 2.67. The van der Waals surface area contributed by atoms with Crippen LogP contribution in [-0.4, -0.2) is 36.5 Å². The van der Waals surface area contributed by atoms with Crippen LogP contribution in [0.5, 0.6) is 0 Å². The Morgan fingerprint density at radius 2 is 2.07 bits per heavy atom. The summed E-state index contributed by atoms with van der Waals surface area (Å²) in [5.74, 6) is 0.924. The van der Waals surface area contributed by atoms with Gasteiger partial charge in [-0.1, -0.05) is 13.8 Å². The quantitative estimate of drug-likeness (QED) is 0.768. The van der Waals surface area contributed by atoms with Gasteiger partial charge in [0.2, 0.25) is 5.91 Å². The van der Waals surface area contributed by atoms with Crippen molar-refractivity contribution in [3.8, 4) is 0 Å². The van der Waals surface area contributed by atoms with Crippen molar-refractivity contribution in [2.75, 3.05) is 20.1 Å². The molecule has 0 aromatic heterocycles. The van der Waals surface area contributed by atoms with E-state index in [1.165, 1.54) is 0 Å². The molecular formula is C12H24N2O. The van der Waals surface area contributed by atoms with Crippen molar-refractivity contribution < 1.29 is 4.79 Å². The summed E-state index contributed by atoms with van der Waals surface area (Å²) >= 11 is 0. The zero-order valence-corrected chi connectivity index (χ0v) is 10.6. The molecule has 0 aliphatic carbocycles. The molecule has 1 aliphatic rings. The predicted octanol–water partition coefficient (Wildman–Crippen LogP) is 1.49. The highest BCUT2D eigenvalue weighted by molar-refractivity contribution is 5.80. The van der Waals surface area contributed by atoms with E-state index in [4.69, 9.17) is 0 Å². The van der Waals surface area contributed by atoms with Gasteiger partial charge in [0.25, 0.3) is 0 Å². The van der Waals surface area contributed by atoms with Crippen molar-refractivity contribution in [3.05, 3.63) is 0 Å². The lowest BCUT2D eigenvalue weighted by Crippen LogP contribution is -2.48. The van der Waals surface area contributed by atoms with Crippen LogP contribution in [0.25, 0.3) is 0 Å². The van der Waals surface area contributed by atoms with E-state index in [9.17, 15) is 4.79 Å². The smallest absolute Gasteiger partial charge is 0.227 e. The second-order valence-electron chi connectivity index (χ2n) is 5.31. The molecule has 1 fully saturated rings. The Bertz CT molecular complexity index is 238. The lowest BCUT2D eigenvalue weighted by Gasteiger charge is -2.37. The van der Waals surface area contributed by atoms with Gasteiger partial charge in [-0.25, -0.2) is 0 Å². The van der Waals surface area contributed by atoms with E-state index in [0.717, 1.165) is 19.5 Å². The molecule has 1 N–H and O–H groups in total. The van der Waals surface area contributed by atoms with Crippen LogP contribution in [-0.2, 0) is 4.79 Å². The Morgan fingerprint density at radius 1 is 1.47 bits per heavy atom. The first kappa shape index (κ1) is 12.5. The summed E-state index contributed by atoms with van der Waals surface area (Å²) in [6, 6.07) is 0. The number of amides is 1. The van der Waals surface area contributed by atoms with Crippen LogP contribution < -0.4 is 5.32 Å². The van der Waals surface area contributed by atoms with Gasteiger partial charge >= 0.3 is 0 Å².